The quantitative estimate of drug-likeness (QED) is 0.601. The Balaban J connectivity index is 0.000000336. The maximum absolute atomic E-state index is 4.10. The van der Waals surface area contributed by atoms with Crippen LogP contribution in [0.1, 0.15) is 19.4 Å². The van der Waals surface area contributed by atoms with Crippen molar-refractivity contribution in [3.8, 4) is 0 Å². The molecule has 0 fully saturated rings. The maximum atomic E-state index is 4.10. The lowest BCUT2D eigenvalue weighted by Crippen LogP contribution is -1.74. The van der Waals surface area contributed by atoms with Crippen LogP contribution in [0, 0.1) is 6.92 Å². The van der Waals surface area contributed by atoms with Gasteiger partial charge in [-0.2, -0.15) is 0 Å². The average Bonchev–Trinajstić information content (AvgIpc) is 2.57. The molecule has 2 heteroatoms. The van der Waals surface area contributed by atoms with Gasteiger partial charge in [-0.05, 0) is 29.3 Å². The smallest absolute Gasteiger partial charge is 0.0528 e. The van der Waals surface area contributed by atoms with Gasteiger partial charge in [-0.15, -0.1) is 11.3 Å². The van der Waals surface area contributed by atoms with Crippen LogP contribution in [0.15, 0.2) is 23.8 Å². The molecule has 1 nitrogen and oxygen atoms in total. The van der Waals surface area contributed by atoms with Crippen molar-refractivity contribution in [1.29, 1.82) is 0 Å². The fraction of sp³-hybridized carbons (Fsp3) is 0.300. The van der Waals surface area contributed by atoms with Gasteiger partial charge in [0.25, 0.3) is 0 Å². The molecular weight excluding hydrogens is 166 g/mol. The molecule has 0 amide bonds. The van der Waals surface area contributed by atoms with Crippen LogP contribution in [0.4, 0.5) is 0 Å². The molecule has 0 atom stereocenters. The van der Waals surface area contributed by atoms with Crippen molar-refractivity contribution in [3.63, 3.8) is 0 Å². The van der Waals surface area contributed by atoms with Crippen LogP contribution < -0.4 is 0 Å². The fourth-order valence-corrected chi connectivity index (χ4v) is 1.86. The third-order valence-corrected chi connectivity index (χ3v) is 2.43. The molecule has 0 unspecified atom stereocenters. The first kappa shape index (κ1) is 9.20. The Morgan fingerprint density at radius 1 is 1.25 bits per heavy atom. The molecule has 12 heavy (non-hydrogen) atoms. The van der Waals surface area contributed by atoms with E-state index in [9.17, 15) is 0 Å². The van der Waals surface area contributed by atoms with E-state index in [2.05, 4.69) is 23.4 Å². The van der Waals surface area contributed by atoms with Gasteiger partial charge in [0.2, 0.25) is 0 Å². The number of hydrogen-bond donors (Lipinski definition) is 0. The molecule has 0 aliphatic carbocycles. The molecule has 2 aromatic rings. The molecule has 2 heterocycles. The van der Waals surface area contributed by atoms with E-state index in [1.807, 2.05) is 26.2 Å². The molecule has 0 aromatic carbocycles. The number of aromatic nitrogens is 1. The molecule has 0 aliphatic rings. The highest BCUT2D eigenvalue weighted by molar-refractivity contribution is 7.17. The second-order valence-electron chi connectivity index (χ2n) is 2.29. The number of nitrogens with zero attached hydrogens (tertiary/aromatic N) is 1. The number of rotatable bonds is 0. The number of hydrogen-bond acceptors (Lipinski definition) is 2. The topological polar surface area (TPSA) is 12.9 Å². The predicted molar refractivity (Wildman–Crippen MR) is 55.7 cm³/mol. The van der Waals surface area contributed by atoms with E-state index >= 15 is 0 Å². The van der Waals surface area contributed by atoms with Gasteiger partial charge in [-0.1, -0.05) is 13.8 Å². The first-order valence-electron chi connectivity index (χ1n) is 4.16. The summed E-state index contributed by atoms with van der Waals surface area (Å²) >= 11 is 1.74. The summed E-state index contributed by atoms with van der Waals surface area (Å²) in [6, 6.07) is 2.14. The van der Waals surface area contributed by atoms with Crippen molar-refractivity contribution >= 4 is 21.4 Å². The van der Waals surface area contributed by atoms with E-state index in [1.165, 1.54) is 15.6 Å². The van der Waals surface area contributed by atoms with Crippen molar-refractivity contribution in [3.05, 3.63) is 29.4 Å². The summed E-state index contributed by atoms with van der Waals surface area (Å²) in [5.41, 5.74) is 1.26. The van der Waals surface area contributed by atoms with Gasteiger partial charge in [-0.25, -0.2) is 0 Å². The zero-order valence-corrected chi connectivity index (χ0v) is 8.48. The van der Waals surface area contributed by atoms with Crippen LogP contribution in [-0.4, -0.2) is 4.98 Å². The Bertz CT molecular complexity index is 351. The van der Waals surface area contributed by atoms with Gasteiger partial charge in [0, 0.05) is 12.4 Å². The summed E-state index contributed by atoms with van der Waals surface area (Å²) in [4.78, 5) is 4.10. The predicted octanol–water partition coefficient (Wildman–Crippen LogP) is 3.63. The van der Waals surface area contributed by atoms with Crippen LogP contribution in [0.5, 0.6) is 0 Å². The Hall–Kier alpha value is -0.890. The standard InChI is InChI=1S/C8H7NS.C2H6/c1-6-4-9-5-8-7(6)2-3-10-8;1-2/h2-5H,1H3;1-2H3. The van der Waals surface area contributed by atoms with Crippen LogP contribution in [-0.2, 0) is 0 Å². The van der Waals surface area contributed by atoms with Crippen molar-refractivity contribution in [2.75, 3.05) is 0 Å². The van der Waals surface area contributed by atoms with E-state index in [4.69, 9.17) is 0 Å². The van der Waals surface area contributed by atoms with E-state index in [0.29, 0.717) is 0 Å². The molecule has 0 bridgehead atoms. The first-order valence-corrected chi connectivity index (χ1v) is 5.04. The minimum Gasteiger partial charge on any atom is -0.263 e. The SMILES string of the molecule is CC.Cc1cncc2sccc12. The molecule has 2 rings (SSSR count). The van der Waals surface area contributed by atoms with Crippen LogP contribution in [0.3, 0.4) is 0 Å². The van der Waals surface area contributed by atoms with Gasteiger partial charge in [-0.3, -0.25) is 4.98 Å². The summed E-state index contributed by atoms with van der Waals surface area (Å²) in [5.74, 6) is 0. The van der Waals surface area contributed by atoms with E-state index in [-0.39, 0.29) is 0 Å². The summed E-state index contributed by atoms with van der Waals surface area (Å²) in [5, 5.41) is 3.43. The lowest BCUT2D eigenvalue weighted by molar-refractivity contribution is 1.32. The lowest BCUT2D eigenvalue weighted by Gasteiger charge is -1.91. The minimum atomic E-state index is 1.26. The number of pyridine rings is 1. The number of aryl methyl sites for hydroxylation is 1. The van der Waals surface area contributed by atoms with Gasteiger partial charge < -0.3 is 0 Å². The Morgan fingerprint density at radius 2 is 2.00 bits per heavy atom. The molecule has 0 spiro atoms. The average molecular weight is 179 g/mol. The zero-order chi connectivity index (χ0) is 8.97. The molecule has 64 valence electrons. The largest absolute Gasteiger partial charge is 0.263 e. The maximum Gasteiger partial charge on any atom is 0.0528 e. The lowest BCUT2D eigenvalue weighted by atomic mass is 10.2. The fourth-order valence-electron chi connectivity index (χ4n) is 1.03. The van der Waals surface area contributed by atoms with Gasteiger partial charge >= 0.3 is 0 Å². The van der Waals surface area contributed by atoms with Crippen LogP contribution >= 0.6 is 11.3 Å². The van der Waals surface area contributed by atoms with Crippen LogP contribution in [0.25, 0.3) is 10.1 Å². The molecular formula is C10H13NS. The monoisotopic (exact) mass is 179 g/mol. The number of fused-ring (bicyclic) bond motifs is 1. The molecule has 0 saturated carbocycles. The number of thiophene rings is 1. The molecule has 0 radical (unpaired) electrons. The Morgan fingerprint density at radius 3 is 2.67 bits per heavy atom. The molecule has 0 aliphatic heterocycles. The summed E-state index contributed by atoms with van der Waals surface area (Å²) < 4.78 is 1.28. The van der Waals surface area contributed by atoms with Crippen molar-refractivity contribution < 1.29 is 0 Å². The first-order chi connectivity index (χ1) is 5.88. The highest BCUT2D eigenvalue weighted by Crippen LogP contribution is 2.21. The normalized spacial score (nSPS) is 9.25. The highest BCUT2D eigenvalue weighted by atomic mass is 32.1. The van der Waals surface area contributed by atoms with Gasteiger partial charge in [0.15, 0.2) is 0 Å². The molecule has 0 N–H and O–H groups in total. The van der Waals surface area contributed by atoms with Gasteiger partial charge in [0.1, 0.15) is 0 Å². The van der Waals surface area contributed by atoms with Gasteiger partial charge in [0.05, 0.1) is 4.70 Å². The van der Waals surface area contributed by atoms with Crippen LogP contribution in [0.2, 0.25) is 0 Å². The minimum absolute atomic E-state index is 1.26. The summed E-state index contributed by atoms with van der Waals surface area (Å²) in [6.45, 7) is 6.09. The third kappa shape index (κ3) is 1.64. The van der Waals surface area contributed by atoms with Crippen molar-refractivity contribution in [2.45, 2.75) is 20.8 Å². The van der Waals surface area contributed by atoms with E-state index < -0.39 is 0 Å². The summed E-state index contributed by atoms with van der Waals surface area (Å²) in [7, 11) is 0. The second-order valence-corrected chi connectivity index (χ2v) is 3.24. The zero-order valence-electron chi connectivity index (χ0n) is 7.66. The Labute approximate surface area is 77.1 Å². The Kier molecular flexibility index (Phi) is 3.23. The van der Waals surface area contributed by atoms with Crippen molar-refractivity contribution in [1.82, 2.24) is 4.98 Å². The third-order valence-electron chi connectivity index (χ3n) is 1.58. The molecule has 0 saturated heterocycles. The summed E-state index contributed by atoms with van der Waals surface area (Å²) in [6.07, 6.45) is 3.81. The van der Waals surface area contributed by atoms with E-state index in [0.717, 1.165) is 0 Å². The van der Waals surface area contributed by atoms with E-state index in [1.54, 1.807) is 11.3 Å². The highest BCUT2D eigenvalue weighted by Gasteiger charge is 1.95. The molecule has 2 aromatic heterocycles. The second kappa shape index (κ2) is 4.21. The van der Waals surface area contributed by atoms with Crippen molar-refractivity contribution in [2.24, 2.45) is 0 Å².